The molecule has 1 aromatic heterocycles. The van der Waals surface area contributed by atoms with Gasteiger partial charge in [-0.3, -0.25) is 0 Å². The summed E-state index contributed by atoms with van der Waals surface area (Å²) in [6.45, 7) is 5.89. The number of rotatable bonds is 6. The van der Waals surface area contributed by atoms with Crippen LogP contribution in [-0.4, -0.2) is 25.2 Å². The summed E-state index contributed by atoms with van der Waals surface area (Å²) in [5.74, 6) is 0.825. The van der Waals surface area contributed by atoms with Crippen molar-refractivity contribution < 1.29 is 12.8 Å². The van der Waals surface area contributed by atoms with E-state index in [1.807, 2.05) is 44.2 Å². The molecule has 3 rings (SSSR count). The first-order valence-corrected chi connectivity index (χ1v) is 9.80. The van der Waals surface area contributed by atoms with Crippen molar-refractivity contribution in [3.05, 3.63) is 65.0 Å². The second-order valence-corrected chi connectivity index (χ2v) is 8.02. The van der Waals surface area contributed by atoms with Crippen LogP contribution < -0.4 is 4.72 Å². The van der Waals surface area contributed by atoms with Crippen molar-refractivity contribution in [3.8, 4) is 11.5 Å². The maximum atomic E-state index is 12.4. The molecule has 0 bridgehead atoms. The van der Waals surface area contributed by atoms with E-state index in [1.165, 1.54) is 0 Å². The SMILES string of the molecule is Cc1cccc(-c2nnc(CCNS(=O)(=O)c3ccc(C)cc3C)o2)c1. The number of nitrogens with zero attached hydrogens (tertiary/aromatic N) is 2. The van der Waals surface area contributed by atoms with E-state index < -0.39 is 10.0 Å². The van der Waals surface area contributed by atoms with Crippen LogP contribution in [0.15, 0.2) is 51.8 Å². The third-order valence-corrected chi connectivity index (χ3v) is 5.60. The minimum absolute atomic E-state index is 0.186. The van der Waals surface area contributed by atoms with E-state index in [2.05, 4.69) is 14.9 Å². The van der Waals surface area contributed by atoms with E-state index in [-0.39, 0.29) is 11.4 Å². The Hall–Kier alpha value is -2.51. The zero-order valence-corrected chi connectivity index (χ0v) is 15.8. The predicted molar refractivity (Wildman–Crippen MR) is 99.3 cm³/mol. The molecule has 0 aliphatic rings. The van der Waals surface area contributed by atoms with Crippen LogP contribution in [0.2, 0.25) is 0 Å². The van der Waals surface area contributed by atoms with Gasteiger partial charge >= 0.3 is 0 Å². The van der Waals surface area contributed by atoms with Gasteiger partial charge in [-0.25, -0.2) is 13.1 Å². The summed E-state index contributed by atoms with van der Waals surface area (Å²) in [6.07, 6.45) is 0.322. The van der Waals surface area contributed by atoms with Crippen LogP contribution in [0.1, 0.15) is 22.6 Å². The molecule has 26 heavy (non-hydrogen) atoms. The molecule has 0 saturated heterocycles. The molecule has 0 unspecified atom stereocenters. The maximum absolute atomic E-state index is 12.4. The number of sulfonamides is 1. The maximum Gasteiger partial charge on any atom is 0.247 e. The number of benzene rings is 2. The minimum Gasteiger partial charge on any atom is -0.421 e. The first-order valence-electron chi connectivity index (χ1n) is 8.31. The Kier molecular flexibility index (Phi) is 5.20. The van der Waals surface area contributed by atoms with Gasteiger partial charge in [0.25, 0.3) is 0 Å². The molecule has 0 spiro atoms. The Bertz CT molecular complexity index is 1030. The molecule has 1 N–H and O–H groups in total. The molecular formula is C19H21N3O3S. The van der Waals surface area contributed by atoms with Crippen LogP contribution in [0.3, 0.4) is 0 Å². The molecule has 0 saturated carbocycles. The summed E-state index contributed by atoms with van der Waals surface area (Å²) >= 11 is 0. The fourth-order valence-electron chi connectivity index (χ4n) is 2.72. The minimum atomic E-state index is -3.57. The van der Waals surface area contributed by atoms with Crippen LogP contribution in [-0.2, 0) is 16.4 Å². The van der Waals surface area contributed by atoms with Crippen LogP contribution in [0.25, 0.3) is 11.5 Å². The molecule has 0 amide bonds. The van der Waals surface area contributed by atoms with Gasteiger partial charge in [-0.15, -0.1) is 10.2 Å². The third-order valence-electron chi connectivity index (χ3n) is 3.98. The number of nitrogens with one attached hydrogen (secondary N) is 1. The lowest BCUT2D eigenvalue weighted by Crippen LogP contribution is -2.26. The van der Waals surface area contributed by atoms with Crippen molar-refractivity contribution in [2.75, 3.05) is 6.54 Å². The Morgan fingerprint density at radius 1 is 1.00 bits per heavy atom. The lowest BCUT2D eigenvalue weighted by atomic mass is 10.1. The van der Waals surface area contributed by atoms with Gasteiger partial charge in [0.05, 0.1) is 4.90 Å². The Morgan fingerprint density at radius 3 is 2.50 bits per heavy atom. The number of aryl methyl sites for hydroxylation is 3. The van der Waals surface area contributed by atoms with Crippen molar-refractivity contribution >= 4 is 10.0 Å². The van der Waals surface area contributed by atoms with Crippen LogP contribution in [0.4, 0.5) is 0 Å². The van der Waals surface area contributed by atoms with Crippen molar-refractivity contribution in [2.24, 2.45) is 0 Å². The van der Waals surface area contributed by atoms with Gasteiger partial charge < -0.3 is 4.42 Å². The van der Waals surface area contributed by atoms with Crippen molar-refractivity contribution in [2.45, 2.75) is 32.1 Å². The zero-order chi connectivity index (χ0) is 18.7. The second kappa shape index (κ2) is 7.39. The van der Waals surface area contributed by atoms with Crippen LogP contribution >= 0.6 is 0 Å². The van der Waals surface area contributed by atoms with Gasteiger partial charge in [0, 0.05) is 18.5 Å². The third kappa shape index (κ3) is 4.17. The van der Waals surface area contributed by atoms with E-state index in [1.54, 1.807) is 19.1 Å². The molecule has 0 aliphatic heterocycles. The highest BCUT2D eigenvalue weighted by atomic mass is 32.2. The van der Waals surface area contributed by atoms with Gasteiger partial charge in [0.15, 0.2) is 0 Å². The van der Waals surface area contributed by atoms with Gasteiger partial charge in [-0.2, -0.15) is 0 Å². The molecule has 7 heteroatoms. The lowest BCUT2D eigenvalue weighted by molar-refractivity contribution is 0.502. The monoisotopic (exact) mass is 371 g/mol. The standard InChI is InChI=1S/C19H21N3O3S/c1-13-5-4-6-16(12-13)19-22-21-18(25-19)9-10-20-26(23,24)17-8-7-14(2)11-15(17)3/h4-8,11-12,20H,9-10H2,1-3H3. The first-order chi connectivity index (χ1) is 12.3. The topological polar surface area (TPSA) is 85.1 Å². The molecular weight excluding hydrogens is 350 g/mol. The first kappa shape index (κ1) is 18.3. The fourth-order valence-corrected chi connectivity index (χ4v) is 3.98. The van der Waals surface area contributed by atoms with Crippen molar-refractivity contribution in [1.82, 2.24) is 14.9 Å². The molecule has 3 aromatic rings. The summed E-state index contributed by atoms with van der Waals surface area (Å²) < 4.78 is 33.1. The van der Waals surface area contributed by atoms with Gasteiger partial charge in [-0.05, 0) is 44.5 Å². The van der Waals surface area contributed by atoms with Gasteiger partial charge in [0.1, 0.15) is 0 Å². The van der Waals surface area contributed by atoms with E-state index >= 15 is 0 Å². The van der Waals surface area contributed by atoms with Crippen molar-refractivity contribution in [3.63, 3.8) is 0 Å². The smallest absolute Gasteiger partial charge is 0.247 e. The molecule has 0 atom stereocenters. The normalized spacial score (nSPS) is 11.7. The summed E-state index contributed by atoms with van der Waals surface area (Å²) in [5, 5.41) is 8.02. The zero-order valence-electron chi connectivity index (χ0n) is 15.0. The van der Waals surface area contributed by atoms with E-state index in [9.17, 15) is 8.42 Å². The average Bonchev–Trinajstić information content (AvgIpc) is 3.03. The summed E-state index contributed by atoms with van der Waals surface area (Å²) in [5.41, 5.74) is 3.69. The Labute approximate surface area is 153 Å². The highest BCUT2D eigenvalue weighted by Gasteiger charge is 2.17. The highest BCUT2D eigenvalue weighted by molar-refractivity contribution is 7.89. The molecule has 6 nitrogen and oxygen atoms in total. The Morgan fingerprint density at radius 2 is 1.77 bits per heavy atom. The van der Waals surface area contributed by atoms with Gasteiger partial charge in [-0.1, -0.05) is 35.4 Å². The van der Waals surface area contributed by atoms with E-state index in [0.717, 1.165) is 22.3 Å². The highest BCUT2D eigenvalue weighted by Crippen LogP contribution is 2.19. The fraction of sp³-hybridized carbons (Fsp3) is 0.263. The predicted octanol–water partition coefficient (Wildman–Crippen LogP) is 3.18. The number of hydrogen-bond donors (Lipinski definition) is 1. The van der Waals surface area contributed by atoms with Gasteiger partial charge in [0.2, 0.25) is 21.8 Å². The largest absolute Gasteiger partial charge is 0.421 e. The molecule has 0 radical (unpaired) electrons. The van der Waals surface area contributed by atoms with Crippen LogP contribution in [0.5, 0.6) is 0 Å². The molecule has 2 aromatic carbocycles. The van der Waals surface area contributed by atoms with Crippen molar-refractivity contribution in [1.29, 1.82) is 0 Å². The number of hydrogen-bond acceptors (Lipinski definition) is 5. The summed E-state index contributed by atoms with van der Waals surface area (Å²) in [6, 6.07) is 13.0. The average molecular weight is 371 g/mol. The quantitative estimate of drug-likeness (QED) is 0.719. The lowest BCUT2D eigenvalue weighted by Gasteiger charge is -2.09. The molecule has 0 aliphatic carbocycles. The molecule has 136 valence electrons. The Balaban J connectivity index is 1.65. The molecule has 0 fully saturated rings. The number of aromatic nitrogens is 2. The van der Waals surface area contributed by atoms with E-state index in [4.69, 9.17) is 4.42 Å². The summed E-state index contributed by atoms with van der Waals surface area (Å²) in [4.78, 5) is 0.286. The van der Waals surface area contributed by atoms with Crippen LogP contribution in [0, 0.1) is 20.8 Å². The van der Waals surface area contributed by atoms with E-state index in [0.29, 0.717) is 18.2 Å². The second-order valence-electron chi connectivity index (χ2n) is 6.29. The molecule has 1 heterocycles. The summed E-state index contributed by atoms with van der Waals surface area (Å²) in [7, 11) is -3.57.